The molecule has 3 N–H and O–H groups in total. The van der Waals surface area contributed by atoms with Gasteiger partial charge in [0.15, 0.2) is 0 Å². The van der Waals surface area contributed by atoms with Gasteiger partial charge in [-0.1, -0.05) is 0 Å². The Morgan fingerprint density at radius 3 is 1.10 bits per heavy atom. The molecule has 0 aliphatic rings. The van der Waals surface area contributed by atoms with Crippen molar-refractivity contribution in [3.8, 4) is 0 Å². The van der Waals surface area contributed by atoms with Gasteiger partial charge >= 0.3 is 17.1 Å². The van der Waals surface area contributed by atoms with Gasteiger partial charge in [-0.15, -0.1) is 0 Å². The summed E-state index contributed by atoms with van der Waals surface area (Å²) >= 11 is 0. The van der Waals surface area contributed by atoms with Gasteiger partial charge in [-0.3, -0.25) is 15.0 Å². The summed E-state index contributed by atoms with van der Waals surface area (Å²) in [5.41, 5.74) is -2.41. The van der Waals surface area contributed by atoms with Crippen LogP contribution in [0, 0.1) is 0 Å². The zero-order valence-electron chi connectivity index (χ0n) is 5.22. The first kappa shape index (κ1) is 9.41. The van der Waals surface area contributed by atoms with Crippen molar-refractivity contribution in [3.05, 3.63) is 31.5 Å². The van der Waals surface area contributed by atoms with Crippen LogP contribution in [0.3, 0.4) is 0 Å². The third kappa shape index (κ3) is 2.34. The van der Waals surface area contributed by atoms with Crippen molar-refractivity contribution in [2.24, 2.45) is 0 Å². The molecule has 0 saturated carbocycles. The standard InChI is InChI=1S/C3H3N3O3.Na/c7-1-4-2(8)6-3(9)5-1;/h(H3,4,5,6,7,8,9);. The van der Waals surface area contributed by atoms with Crippen LogP contribution in [0.15, 0.2) is 14.4 Å². The van der Waals surface area contributed by atoms with Gasteiger partial charge in [-0.25, -0.2) is 14.4 Å². The molecule has 1 rings (SSSR count). The molecule has 0 unspecified atom stereocenters. The molecule has 10 heavy (non-hydrogen) atoms. The summed E-state index contributed by atoms with van der Waals surface area (Å²) in [7, 11) is 0. The number of rotatable bonds is 0. The van der Waals surface area contributed by atoms with Gasteiger partial charge in [0.1, 0.15) is 0 Å². The molecule has 0 atom stereocenters. The summed E-state index contributed by atoms with van der Waals surface area (Å²) in [5, 5.41) is 0. The van der Waals surface area contributed by atoms with Gasteiger partial charge < -0.3 is 0 Å². The van der Waals surface area contributed by atoms with Crippen LogP contribution in [0.2, 0.25) is 0 Å². The first-order valence-corrected chi connectivity index (χ1v) is 2.11. The monoisotopic (exact) mass is 152 g/mol. The minimum Gasteiger partial charge on any atom is -0.259 e. The zero-order valence-corrected chi connectivity index (χ0v) is 7.22. The van der Waals surface area contributed by atoms with Gasteiger partial charge in [0.25, 0.3) is 0 Å². The second kappa shape index (κ2) is 3.55. The molecule has 49 valence electrons. The summed E-state index contributed by atoms with van der Waals surface area (Å²) in [4.78, 5) is 35.9. The molecule has 0 aliphatic heterocycles. The summed E-state index contributed by atoms with van der Waals surface area (Å²) in [5.74, 6) is 0. The summed E-state index contributed by atoms with van der Waals surface area (Å²) in [6, 6.07) is 0. The van der Waals surface area contributed by atoms with E-state index in [4.69, 9.17) is 0 Å². The van der Waals surface area contributed by atoms with Crippen molar-refractivity contribution >= 4 is 29.6 Å². The Bertz CT molecular complexity index is 281. The largest absolute Gasteiger partial charge is 0.330 e. The van der Waals surface area contributed by atoms with E-state index in [0.717, 1.165) is 0 Å². The fraction of sp³-hybridized carbons (Fsp3) is 0. The molecule has 1 radical (unpaired) electrons. The quantitative estimate of drug-likeness (QED) is 0.354. The van der Waals surface area contributed by atoms with E-state index in [1.54, 1.807) is 15.0 Å². The normalized spacial score (nSPS) is 8.40. The van der Waals surface area contributed by atoms with E-state index in [0.29, 0.717) is 0 Å². The molecule has 7 heteroatoms. The van der Waals surface area contributed by atoms with Crippen LogP contribution in [0.25, 0.3) is 0 Å². The van der Waals surface area contributed by atoms with E-state index in [2.05, 4.69) is 0 Å². The van der Waals surface area contributed by atoms with Crippen LogP contribution in [-0.4, -0.2) is 44.5 Å². The SMILES string of the molecule is O=c1[nH]c(=O)[nH]c(=O)[nH]1.[Na]. The molecule has 0 fully saturated rings. The fourth-order valence-corrected chi connectivity index (χ4v) is 0.403. The Morgan fingerprint density at radius 1 is 0.700 bits per heavy atom. The van der Waals surface area contributed by atoms with Crippen LogP contribution in [0.1, 0.15) is 0 Å². The molecule has 0 bridgehead atoms. The average molecular weight is 152 g/mol. The molecule has 0 aromatic carbocycles. The van der Waals surface area contributed by atoms with Crippen molar-refractivity contribution in [3.63, 3.8) is 0 Å². The van der Waals surface area contributed by atoms with Crippen molar-refractivity contribution in [2.75, 3.05) is 0 Å². The number of aromatic amines is 3. The second-order valence-electron chi connectivity index (χ2n) is 1.36. The third-order valence-corrected chi connectivity index (χ3v) is 0.681. The first-order valence-electron chi connectivity index (χ1n) is 2.11. The number of hydrogen-bond acceptors (Lipinski definition) is 3. The molecule has 0 aliphatic carbocycles. The zero-order chi connectivity index (χ0) is 6.85. The maximum Gasteiger partial charge on any atom is 0.330 e. The van der Waals surface area contributed by atoms with E-state index >= 15 is 0 Å². The molecule has 1 heterocycles. The van der Waals surface area contributed by atoms with Gasteiger partial charge in [-0.2, -0.15) is 0 Å². The molecule has 1 aromatic heterocycles. The Morgan fingerprint density at radius 2 is 0.900 bits per heavy atom. The third-order valence-electron chi connectivity index (χ3n) is 0.681. The number of nitrogens with one attached hydrogen (secondary N) is 3. The Balaban J connectivity index is 0.000000810. The van der Waals surface area contributed by atoms with Crippen molar-refractivity contribution in [2.45, 2.75) is 0 Å². The Kier molecular flexibility index (Phi) is 3.34. The summed E-state index contributed by atoms with van der Waals surface area (Å²) in [6.07, 6.45) is 0. The van der Waals surface area contributed by atoms with Crippen LogP contribution in [-0.2, 0) is 0 Å². The summed E-state index contributed by atoms with van der Waals surface area (Å²) < 4.78 is 0. The van der Waals surface area contributed by atoms with Crippen molar-refractivity contribution < 1.29 is 0 Å². The second-order valence-corrected chi connectivity index (χ2v) is 1.36. The summed E-state index contributed by atoms with van der Waals surface area (Å²) in [6.45, 7) is 0. The van der Waals surface area contributed by atoms with Gasteiger partial charge in [-0.05, 0) is 0 Å². The maximum absolute atomic E-state index is 10.2. The number of aromatic nitrogens is 3. The van der Waals surface area contributed by atoms with Crippen LogP contribution < -0.4 is 17.1 Å². The Labute approximate surface area is 76.0 Å². The minimum atomic E-state index is -0.802. The molecule has 0 saturated heterocycles. The van der Waals surface area contributed by atoms with E-state index < -0.39 is 17.1 Å². The van der Waals surface area contributed by atoms with Gasteiger partial charge in [0, 0.05) is 29.6 Å². The van der Waals surface area contributed by atoms with Crippen LogP contribution >= 0.6 is 0 Å². The molecule has 0 amide bonds. The number of hydrogen-bond donors (Lipinski definition) is 3. The topological polar surface area (TPSA) is 98.6 Å². The fourth-order valence-electron chi connectivity index (χ4n) is 0.403. The molecule has 1 aromatic rings. The van der Waals surface area contributed by atoms with E-state index in [1.165, 1.54) is 0 Å². The van der Waals surface area contributed by atoms with E-state index in [9.17, 15) is 14.4 Å². The van der Waals surface area contributed by atoms with Gasteiger partial charge in [0.05, 0.1) is 0 Å². The smallest absolute Gasteiger partial charge is 0.259 e. The van der Waals surface area contributed by atoms with Crippen molar-refractivity contribution in [1.29, 1.82) is 0 Å². The predicted molar refractivity (Wildman–Crippen MR) is 34.1 cm³/mol. The Hall–Kier alpha value is -0.590. The van der Waals surface area contributed by atoms with Crippen LogP contribution in [0.4, 0.5) is 0 Å². The molecular weight excluding hydrogens is 149 g/mol. The minimum absolute atomic E-state index is 0. The van der Waals surface area contributed by atoms with Gasteiger partial charge in [0.2, 0.25) is 0 Å². The molecule has 6 nitrogen and oxygen atoms in total. The van der Waals surface area contributed by atoms with E-state index in [-0.39, 0.29) is 29.6 Å². The molecule has 0 spiro atoms. The maximum atomic E-state index is 10.2. The number of H-pyrrole nitrogens is 3. The first-order chi connectivity index (χ1) is 4.18. The van der Waals surface area contributed by atoms with Crippen LogP contribution in [0.5, 0.6) is 0 Å². The average Bonchev–Trinajstić information content (AvgIpc) is 1.59. The van der Waals surface area contributed by atoms with E-state index in [1.807, 2.05) is 0 Å². The molecular formula is C3H3N3NaO3. The van der Waals surface area contributed by atoms with Crippen molar-refractivity contribution in [1.82, 2.24) is 15.0 Å². The predicted octanol–water partition coefficient (Wildman–Crippen LogP) is -2.63.